The van der Waals surface area contributed by atoms with Crippen LogP contribution in [0.3, 0.4) is 0 Å². The Kier molecular flexibility index (Phi) is 8.22. The number of anilines is 3. The molecule has 0 radical (unpaired) electrons. The molecule has 274 valence electrons. The molecule has 10 aromatic rings. The molecule has 2 aromatic heterocycles. The van der Waals surface area contributed by atoms with Gasteiger partial charge in [-0.05, 0) is 82.9 Å². The van der Waals surface area contributed by atoms with Crippen LogP contribution in [0, 0.1) is 0 Å². The molecule has 3 nitrogen and oxygen atoms in total. The molecule has 0 amide bonds. The number of hydrogen-bond donors (Lipinski definition) is 0. The summed E-state index contributed by atoms with van der Waals surface area (Å²) in [5.41, 5.74) is 14.3. The Morgan fingerprint density at radius 1 is 0.431 bits per heavy atom. The molecule has 0 fully saturated rings. The van der Waals surface area contributed by atoms with Gasteiger partial charge in [0.05, 0.1) is 27.8 Å². The molecule has 2 heterocycles. The van der Waals surface area contributed by atoms with Crippen molar-refractivity contribution in [2.75, 3.05) is 4.90 Å². The van der Waals surface area contributed by atoms with Crippen molar-refractivity contribution in [2.45, 2.75) is 5.92 Å². The van der Waals surface area contributed by atoms with Gasteiger partial charge in [0.25, 0.3) is 0 Å². The second-order valence-electron chi connectivity index (χ2n) is 14.9. The third kappa shape index (κ3) is 5.75. The van der Waals surface area contributed by atoms with Crippen molar-refractivity contribution in [1.82, 2.24) is 4.57 Å². The highest BCUT2D eigenvalue weighted by Crippen LogP contribution is 2.48. The Morgan fingerprint density at radius 3 is 1.90 bits per heavy atom. The van der Waals surface area contributed by atoms with Gasteiger partial charge in [-0.2, -0.15) is 0 Å². The Bertz CT molecular complexity index is 3200. The Balaban J connectivity index is 1.20. The topological polar surface area (TPSA) is 21.3 Å². The quantitative estimate of drug-likeness (QED) is 0.162. The number of furan rings is 1. The Hall–Kier alpha value is -7.62. The van der Waals surface area contributed by atoms with Crippen molar-refractivity contribution < 1.29 is 4.42 Å². The van der Waals surface area contributed by atoms with Gasteiger partial charge in [0, 0.05) is 39.0 Å². The zero-order valence-electron chi connectivity index (χ0n) is 31.7. The molecule has 0 unspecified atom stereocenters. The lowest BCUT2D eigenvalue weighted by Crippen LogP contribution is -2.12. The molecular weight excluding hydrogens is 705 g/mol. The van der Waals surface area contributed by atoms with Crippen LogP contribution in [-0.4, -0.2) is 4.57 Å². The lowest BCUT2D eigenvalue weighted by molar-refractivity contribution is 0.669. The van der Waals surface area contributed by atoms with Crippen molar-refractivity contribution in [3.63, 3.8) is 0 Å². The fraction of sp³-hybridized carbons (Fsp3) is 0.0182. The van der Waals surface area contributed by atoms with E-state index >= 15 is 0 Å². The molecule has 0 saturated carbocycles. The normalized spacial score (nSPS) is 12.9. The number of allylic oxidation sites excluding steroid dienone is 6. The van der Waals surface area contributed by atoms with Crippen LogP contribution >= 0.6 is 0 Å². The highest BCUT2D eigenvalue weighted by molar-refractivity contribution is 6.14. The molecule has 58 heavy (non-hydrogen) atoms. The van der Waals surface area contributed by atoms with Crippen molar-refractivity contribution in [3.8, 4) is 27.9 Å². The van der Waals surface area contributed by atoms with Crippen molar-refractivity contribution in [2.24, 2.45) is 0 Å². The number of rotatable bonds is 7. The Labute approximate surface area is 337 Å². The van der Waals surface area contributed by atoms with Gasteiger partial charge in [0.1, 0.15) is 11.2 Å². The monoisotopic (exact) mass is 742 g/mol. The highest BCUT2D eigenvalue weighted by atomic mass is 16.3. The third-order valence-corrected chi connectivity index (χ3v) is 11.5. The fourth-order valence-electron chi connectivity index (χ4n) is 8.74. The van der Waals surface area contributed by atoms with Crippen LogP contribution in [-0.2, 0) is 0 Å². The van der Waals surface area contributed by atoms with Crippen LogP contribution in [0.2, 0.25) is 0 Å². The van der Waals surface area contributed by atoms with Crippen molar-refractivity contribution in [3.05, 3.63) is 230 Å². The second kappa shape index (κ2) is 14.1. The number of benzene rings is 8. The predicted octanol–water partition coefficient (Wildman–Crippen LogP) is 15.3. The van der Waals surface area contributed by atoms with E-state index in [1.54, 1.807) is 0 Å². The SMILES string of the molecule is C1=CC=CC(c2ccc(-c3ccc4c5ccccc5n(-c5ccccc5)c4c3)c(N(c3ccc(-c4ccccc4)cc3)c3cccc4oc5ccccc5c34)c2)C=C1. The van der Waals surface area contributed by atoms with Gasteiger partial charge in [-0.25, -0.2) is 0 Å². The molecule has 3 heteroatoms. The minimum atomic E-state index is 0.110. The average Bonchev–Trinajstić information content (AvgIpc) is 3.70. The van der Waals surface area contributed by atoms with E-state index in [9.17, 15) is 0 Å². The van der Waals surface area contributed by atoms with Gasteiger partial charge in [-0.15, -0.1) is 0 Å². The summed E-state index contributed by atoms with van der Waals surface area (Å²) in [4.78, 5) is 2.44. The maximum Gasteiger partial charge on any atom is 0.137 e. The van der Waals surface area contributed by atoms with Crippen LogP contribution in [0.5, 0.6) is 0 Å². The lowest BCUT2D eigenvalue weighted by Gasteiger charge is -2.30. The second-order valence-corrected chi connectivity index (χ2v) is 14.9. The first-order valence-corrected chi connectivity index (χ1v) is 19.9. The van der Waals surface area contributed by atoms with E-state index < -0.39 is 0 Å². The molecule has 0 N–H and O–H groups in total. The number of fused-ring (bicyclic) bond motifs is 6. The van der Waals surface area contributed by atoms with Gasteiger partial charge in [0.15, 0.2) is 0 Å². The molecule has 1 aliphatic rings. The summed E-state index contributed by atoms with van der Waals surface area (Å²) in [7, 11) is 0. The predicted molar refractivity (Wildman–Crippen MR) is 244 cm³/mol. The Morgan fingerprint density at radius 2 is 1.09 bits per heavy atom. The van der Waals surface area contributed by atoms with E-state index in [0.717, 1.165) is 55.8 Å². The highest BCUT2D eigenvalue weighted by Gasteiger charge is 2.24. The summed E-state index contributed by atoms with van der Waals surface area (Å²) in [5.74, 6) is 0.110. The van der Waals surface area contributed by atoms with Crippen LogP contribution in [0.25, 0.3) is 71.7 Å². The average molecular weight is 743 g/mol. The van der Waals surface area contributed by atoms with Gasteiger partial charge >= 0.3 is 0 Å². The van der Waals surface area contributed by atoms with Gasteiger partial charge < -0.3 is 13.9 Å². The summed E-state index contributed by atoms with van der Waals surface area (Å²) in [6.07, 6.45) is 13.0. The van der Waals surface area contributed by atoms with E-state index in [-0.39, 0.29) is 5.92 Å². The number of para-hydroxylation sites is 3. The van der Waals surface area contributed by atoms with E-state index in [1.165, 1.54) is 38.5 Å². The van der Waals surface area contributed by atoms with E-state index in [1.807, 2.05) is 6.07 Å². The van der Waals surface area contributed by atoms with Gasteiger partial charge in [-0.3, -0.25) is 0 Å². The third-order valence-electron chi connectivity index (χ3n) is 11.5. The number of nitrogens with zero attached hydrogens (tertiary/aromatic N) is 2. The molecule has 0 bridgehead atoms. The molecule has 0 atom stereocenters. The largest absolute Gasteiger partial charge is 0.456 e. The summed E-state index contributed by atoms with van der Waals surface area (Å²) >= 11 is 0. The number of aromatic nitrogens is 1. The molecule has 0 aliphatic heterocycles. The van der Waals surface area contributed by atoms with E-state index in [4.69, 9.17) is 4.42 Å². The maximum atomic E-state index is 6.52. The zero-order chi connectivity index (χ0) is 38.4. The summed E-state index contributed by atoms with van der Waals surface area (Å²) in [5, 5.41) is 4.64. The fourth-order valence-corrected chi connectivity index (χ4v) is 8.74. The van der Waals surface area contributed by atoms with Crippen LogP contribution < -0.4 is 4.90 Å². The first-order valence-electron chi connectivity index (χ1n) is 19.9. The van der Waals surface area contributed by atoms with Crippen LogP contribution in [0.4, 0.5) is 17.1 Å². The van der Waals surface area contributed by atoms with Crippen molar-refractivity contribution >= 4 is 60.8 Å². The van der Waals surface area contributed by atoms with Gasteiger partial charge in [-0.1, -0.05) is 164 Å². The van der Waals surface area contributed by atoms with E-state index in [2.05, 4.69) is 228 Å². The minimum absolute atomic E-state index is 0.110. The van der Waals surface area contributed by atoms with Crippen LogP contribution in [0.1, 0.15) is 11.5 Å². The molecule has 0 spiro atoms. The first-order chi connectivity index (χ1) is 28.8. The zero-order valence-corrected chi connectivity index (χ0v) is 31.7. The summed E-state index contributed by atoms with van der Waals surface area (Å²) in [6.45, 7) is 0. The molecule has 8 aromatic carbocycles. The molecule has 1 aliphatic carbocycles. The molecule has 0 saturated heterocycles. The standard InChI is InChI=1S/C55H38N2O/c1-2-6-19-39(18-5-1)41-30-34-45(42-31-35-47-46-22-11-13-24-49(46)56(52(47)37-42)43-20-9-4-10-21-43)51(36-41)57(44-32-28-40(29-33-44)38-16-7-3-8-17-38)50-25-15-27-54-55(50)48-23-12-14-26-53(48)58-54/h1-37,39H. The number of hydrogen-bond acceptors (Lipinski definition) is 2. The molecular formula is C55H38N2O. The molecule has 11 rings (SSSR count). The first kappa shape index (κ1) is 33.7. The minimum Gasteiger partial charge on any atom is -0.456 e. The van der Waals surface area contributed by atoms with Crippen LogP contribution in [0.15, 0.2) is 229 Å². The van der Waals surface area contributed by atoms with E-state index in [0.29, 0.717) is 0 Å². The van der Waals surface area contributed by atoms with Gasteiger partial charge in [0.2, 0.25) is 0 Å². The smallest absolute Gasteiger partial charge is 0.137 e. The summed E-state index contributed by atoms with van der Waals surface area (Å²) in [6, 6.07) is 67.8. The lowest BCUT2D eigenvalue weighted by atomic mass is 9.92. The maximum absolute atomic E-state index is 6.52. The van der Waals surface area contributed by atoms with Crippen molar-refractivity contribution in [1.29, 1.82) is 0 Å². The summed E-state index contributed by atoms with van der Waals surface area (Å²) < 4.78 is 8.91.